The summed E-state index contributed by atoms with van der Waals surface area (Å²) in [6, 6.07) is 1.60. The van der Waals surface area contributed by atoms with E-state index in [4.69, 9.17) is 4.74 Å². The summed E-state index contributed by atoms with van der Waals surface area (Å²) in [6.07, 6.45) is 3.68. The normalized spacial score (nSPS) is 17.0. The average molecular weight is 348 g/mol. The van der Waals surface area contributed by atoms with Crippen molar-refractivity contribution < 1.29 is 14.5 Å². The van der Waals surface area contributed by atoms with Crippen molar-refractivity contribution in [2.75, 3.05) is 13.2 Å². The van der Waals surface area contributed by atoms with Crippen molar-refractivity contribution in [3.8, 4) is 0 Å². The summed E-state index contributed by atoms with van der Waals surface area (Å²) < 4.78 is 8.48. The number of aromatic nitrogens is 4. The Labute approximate surface area is 143 Å². The number of ether oxygens (including phenoxy) is 1. The number of aryl methyl sites for hydroxylation is 1. The molecule has 1 fully saturated rings. The first-order valence-corrected chi connectivity index (χ1v) is 8.07. The first-order chi connectivity index (χ1) is 12.0. The first kappa shape index (κ1) is 17.1. The molecule has 0 bridgehead atoms. The minimum Gasteiger partial charge on any atom is -0.376 e. The SMILES string of the molecule is Cc1nn(Cn2ccc(C(=O)NCC3CCCO3)n2)c(C)c1[N+](=O)[O-]. The van der Waals surface area contributed by atoms with Crippen molar-refractivity contribution in [3.05, 3.63) is 39.5 Å². The van der Waals surface area contributed by atoms with Gasteiger partial charge in [-0.1, -0.05) is 0 Å². The molecule has 1 aliphatic heterocycles. The Balaban J connectivity index is 1.64. The number of nitrogens with one attached hydrogen (secondary N) is 1. The van der Waals surface area contributed by atoms with Crippen molar-refractivity contribution in [2.24, 2.45) is 0 Å². The van der Waals surface area contributed by atoms with Crippen LogP contribution in [0.3, 0.4) is 0 Å². The molecule has 10 nitrogen and oxygen atoms in total. The number of nitrogens with zero attached hydrogens (tertiary/aromatic N) is 5. The molecule has 1 N–H and O–H groups in total. The van der Waals surface area contributed by atoms with Gasteiger partial charge in [-0.3, -0.25) is 19.6 Å². The fourth-order valence-electron chi connectivity index (χ4n) is 2.89. The number of nitro groups is 1. The number of carbonyl (C=O) groups excluding carboxylic acids is 1. The first-order valence-electron chi connectivity index (χ1n) is 8.07. The summed E-state index contributed by atoms with van der Waals surface area (Å²) in [5, 5.41) is 22.2. The molecule has 1 saturated heterocycles. The second kappa shape index (κ2) is 7.01. The van der Waals surface area contributed by atoms with Gasteiger partial charge in [0, 0.05) is 19.3 Å². The van der Waals surface area contributed by atoms with E-state index in [0.29, 0.717) is 17.9 Å². The largest absolute Gasteiger partial charge is 0.376 e. The van der Waals surface area contributed by atoms with Gasteiger partial charge in [0.1, 0.15) is 23.8 Å². The molecule has 1 aliphatic rings. The molecule has 2 aromatic rings. The summed E-state index contributed by atoms with van der Waals surface area (Å²) in [4.78, 5) is 22.7. The monoisotopic (exact) mass is 348 g/mol. The molecule has 25 heavy (non-hydrogen) atoms. The van der Waals surface area contributed by atoms with Gasteiger partial charge in [-0.15, -0.1) is 0 Å². The molecule has 134 valence electrons. The summed E-state index contributed by atoms with van der Waals surface area (Å²) in [6.45, 7) is 4.63. The van der Waals surface area contributed by atoms with Crippen molar-refractivity contribution >= 4 is 11.6 Å². The van der Waals surface area contributed by atoms with Crippen LogP contribution in [0.5, 0.6) is 0 Å². The average Bonchev–Trinajstić information content (AvgIpc) is 3.27. The molecule has 0 spiro atoms. The second-order valence-electron chi connectivity index (χ2n) is 6.00. The Morgan fingerprint density at radius 3 is 2.92 bits per heavy atom. The molecule has 0 aromatic carbocycles. The van der Waals surface area contributed by atoms with Gasteiger partial charge in [-0.2, -0.15) is 10.2 Å². The van der Waals surface area contributed by atoms with Gasteiger partial charge in [0.25, 0.3) is 5.91 Å². The highest BCUT2D eigenvalue weighted by Gasteiger charge is 2.22. The number of amides is 1. The van der Waals surface area contributed by atoms with Crippen LogP contribution < -0.4 is 5.32 Å². The lowest BCUT2D eigenvalue weighted by Crippen LogP contribution is -2.32. The quantitative estimate of drug-likeness (QED) is 0.615. The van der Waals surface area contributed by atoms with Crippen LogP contribution in [0.1, 0.15) is 34.7 Å². The molecule has 0 radical (unpaired) electrons. The number of hydrogen-bond donors (Lipinski definition) is 1. The minimum atomic E-state index is -0.443. The lowest BCUT2D eigenvalue weighted by Gasteiger charge is -2.09. The van der Waals surface area contributed by atoms with E-state index in [9.17, 15) is 14.9 Å². The highest BCUT2D eigenvalue weighted by Crippen LogP contribution is 2.21. The molecule has 3 rings (SSSR count). The van der Waals surface area contributed by atoms with E-state index in [1.807, 2.05) is 0 Å². The summed E-state index contributed by atoms with van der Waals surface area (Å²) in [5.74, 6) is -0.270. The second-order valence-corrected chi connectivity index (χ2v) is 6.00. The molecule has 2 aromatic heterocycles. The van der Waals surface area contributed by atoms with Crippen molar-refractivity contribution in [1.82, 2.24) is 24.9 Å². The molecule has 0 aliphatic carbocycles. The number of hydrogen-bond acceptors (Lipinski definition) is 6. The van der Waals surface area contributed by atoms with Gasteiger partial charge in [0.2, 0.25) is 0 Å². The topological polar surface area (TPSA) is 117 Å². The maximum Gasteiger partial charge on any atom is 0.312 e. The molecular formula is C15H20N6O4. The Morgan fingerprint density at radius 1 is 1.48 bits per heavy atom. The van der Waals surface area contributed by atoms with Gasteiger partial charge in [-0.05, 0) is 32.8 Å². The van der Waals surface area contributed by atoms with Gasteiger partial charge in [-0.25, -0.2) is 4.68 Å². The fourth-order valence-corrected chi connectivity index (χ4v) is 2.89. The molecule has 1 unspecified atom stereocenters. The molecule has 1 amide bonds. The molecular weight excluding hydrogens is 328 g/mol. The Kier molecular flexibility index (Phi) is 4.79. The molecule has 1 atom stereocenters. The molecule has 10 heteroatoms. The zero-order valence-corrected chi connectivity index (χ0v) is 14.1. The van der Waals surface area contributed by atoms with E-state index < -0.39 is 4.92 Å². The van der Waals surface area contributed by atoms with E-state index in [1.54, 1.807) is 26.1 Å². The van der Waals surface area contributed by atoms with E-state index in [0.717, 1.165) is 19.4 Å². The van der Waals surface area contributed by atoms with Crippen LogP contribution in [-0.2, 0) is 11.4 Å². The van der Waals surface area contributed by atoms with Crippen LogP contribution >= 0.6 is 0 Å². The zero-order valence-electron chi connectivity index (χ0n) is 14.1. The summed E-state index contributed by atoms with van der Waals surface area (Å²) >= 11 is 0. The van der Waals surface area contributed by atoms with E-state index in [-0.39, 0.29) is 30.1 Å². The van der Waals surface area contributed by atoms with Crippen LogP contribution in [0.25, 0.3) is 0 Å². The maximum atomic E-state index is 12.1. The van der Waals surface area contributed by atoms with Crippen molar-refractivity contribution in [2.45, 2.75) is 39.5 Å². The lowest BCUT2D eigenvalue weighted by atomic mass is 10.2. The van der Waals surface area contributed by atoms with Crippen LogP contribution in [0.15, 0.2) is 12.3 Å². The number of carbonyl (C=O) groups is 1. The molecule has 0 saturated carbocycles. The van der Waals surface area contributed by atoms with Gasteiger partial charge in [0.05, 0.1) is 11.0 Å². The third-order valence-corrected chi connectivity index (χ3v) is 4.19. The summed E-state index contributed by atoms with van der Waals surface area (Å²) in [7, 11) is 0. The maximum absolute atomic E-state index is 12.1. The Morgan fingerprint density at radius 2 is 2.28 bits per heavy atom. The highest BCUT2D eigenvalue weighted by molar-refractivity contribution is 5.92. The summed E-state index contributed by atoms with van der Waals surface area (Å²) in [5.41, 5.74) is 1.09. The van der Waals surface area contributed by atoms with Gasteiger partial charge in [0.15, 0.2) is 0 Å². The third kappa shape index (κ3) is 3.68. The smallest absolute Gasteiger partial charge is 0.312 e. The van der Waals surface area contributed by atoms with Gasteiger partial charge >= 0.3 is 5.69 Å². The van der Waals surface area contributed by atoms with Crippen LogP contribution in [-0.4, -0.2) is 49.6 Å². The van der Waals surface area contributed by atoms with E-state index >= 15 is 0 Å². The van der Waals surface area contributed by atoms with E-state index in [1.165, 1.54) is 9.36 Å². The standard InChI is InChI=1S/C15H20N6O4/c1-10-14(21(23)24)11(2)20(17-10)9-19-6-5-13(18-19)15(22)16-8-12-4-3-7-25-12/h5-6,12H,3-4,7-9H2,1-2H3,(H,16,22). The van der Waals surface area contributed by atoms with Crippen LogP contribution in [0, 0.1) is 24.0 Å². The highest BCUT2D eigenvalue weighted by atomic mass is 16.6. The van der Waals surface area contributed by atoms with Crippen LogP contribution in [0.2, 0.25) is 0 Å². The van der Waals surface area contributed by atoms with Crippen molar-refractivity contribution in [3.63, 3.8) is 0 Å². The number of rotatable bonds is 6. The molecule has 3 heterocycles. The van der Waals surface area contributed by atoms with Crippen LogP contribution in [0.4, 0.5) is 5.69 Å². The van der Waals surface area contributed by atoms with E-state index in [2.05, 4.69) is 15.5 Å². The zero-order chi connectivity index (χ0) is 18.0. The lowest BCUT2D eigenvalue weighted by molar-refractivity contribution is -0.386. The third-order valence-electron chi connectivity index (χ3n) is 4.19. The Bertz CT molecular complexity index is 790. The fraction of sp³-hybridized carbons (Fsp3) is 0.533. The van der Waals surface area contributed by atoms with Crippen molar-refractivity contribution in [1.29, 1.82) is 0 Å². The van der Waals surface area contributed by atoms with Gasteiger partial charge < -0.3 is 10.1 Å². The Hall–Kier alpha value is -2.75. The predicted octanol–water partition coefficient (Wildman–Crippen LogP) is 1.02. The predicted molar refractivity (Wildman–Crippen MR) is 87.3 cm³/mol. The minimum absolute atomic E-state index is 0.00156.